The van der Waals surface area contributed by atoms with E-state index in [4.69, 9.17) is 4.74 Å². The summed E-state index contributed by atoms with van der Waals surface area (Å²) in [7, 11) is 0. The summed E-state index contributed by atoms with van der Waals surface area (Å²) in [4.78, 5) is 15.4. The Morgan fingerprint density at radius 3 is 3.27 bits per heavy atom. The molecule has 1 aliphatic rings. The number of carbonyl (C=O) groups is 1. The van der Waals surface area contributed by atoms with Crippen LogP contribution >= 0.6 is 11.3 Å². The summed E-state index contributed by atoms with van der Waals surface area (Å²) in [5.74, 6) is -0.253. The third kappa shape index (κ3) is 2.53. The highest BCUT2D eigenvalue weighted by Gasteiger charge is 2.32. The van der Waals surface area contributed by atoms with Crippen LogP contribution < -0.4 is 5.32 Å². The summed E-state index contributed by atoms with van der Waals surface area (Å²) in [6, 6.07) is 0. The summed E-state index contributed by atoms with van der Waals surface area (Å²) in [5, 5.41) is 14.2. The van der Waals surface area contributed by atoms with Gasteiger partial charge in [-0.05, 0) is 0 Å². The number of thiazole rings is 1. The second-order valence-electron chi connectivity index (χ2n) is 3.58. The molecule has 2 N–H and O–H groups in total. The van der Waals surface area contributed by atoms with Gasteiger partial charge in [0.2, 0.25) is 0 Å². The van der Waals surface area contributed by atoms with Crippen molar-refractivity contribution in [2.24, 2.45) is 0 Å². The van der Waals surface area contributed by atoms with E-state index in [1.165, 1.54) is 11.3 Å². The summed E-state index contributed by atoms with van der Waals surface area (Å²) >= 11 is 1.37. The van der Waals surface area contributed by atoms with Crippen LogP contribution in [-0.4, -0.2) is 41.4 Å². The van der Waals surface area contributed by atoms with Gasteiger partial charge in [-0.25, -0.2) is 4.98 Å². The van der Waals surface area contributed by atoms with Crippen molar-refractivity contribution in [3.63, 3.8) is 0 Å². The van der Waals surface area contributed by atoms with Gasteiger partial charge in [0.15, 0.2) is 0 Å². The van der Waals surface area contributed by atoms with Crippen molar-refractivity contribution in [2.75, 3.05) is 19.8 Å². The van der Waals surface area contributed by atoms with E-state index < -0.39 is 5.60 Å². The number of hydrogen-bond donors (Lipinski definition) is 2. The molecule has 0 aromatic carbocycles. The minimum absolute atomic E-state index is 0.212. The average Bonchev–Trinajstić information content (AvgIpc) is 2.85. The third-order valence-corrected chi connectivity index (χ3v) is 2.91. The monoisotopic (exact) mass is 228 g/mol. The molecule has 0 spiro atoms. The summed E-state index contributed by atoms with van der Waals surface area (Å²) < 4.78 is 5.07. The first kappa shape index (κ1) is 10.5. The number of hydrogen-bond acceptors (Lipinski definition) is 5. The summed E-state index contributed by atoms with van der Waals surface area (Å²) in [5.41, 5.74) is 1.08. The molecule has 2 heterocycles. The molecule has 0 aliphatic carbocycles. The van der Waals surface area contributed by atoms with E-state index in [-0.39, 0.29) is 19.1 Å². The van der Waals surface area contributed by atoms with Gasteiger partial charge in [0.1, 0.15) is 11.3 Å². The molecule has 0 bridgehead atoms. The molecule has 6 heteroatoms. The van der Waals surface area contributed by atoms with Gasteiger partial charge in [0, 0.05) is 25.0 Å². The van der Waals surface area contributed by atoms with Gasteiger partial charge in [-0.15, -0.1) is 11.3 Å². The predicted molar refractivity (Wildman–Crippen MR) is 54.8 cm³/mol. The maximum absolute atomic E-state index is 11.5. The second-order valence-corrected chi connectivity index (χ2v) is 4.30. The van der Waals surface area contributed by atoms with E-state index in [1.807, 2.05) is 0 Å². The van der Waals surface area contributed by atoms with Crippen molar-refractivity contribution in [3.05, 3.63) is 16.6 Å². The molecule has 1 aromatic rings. The molecular weight excluding hydrogens is 216 g/mol. The van der Waals surface area contributed by atoms with Crippen molar-refractivity contribution in [2.45, 2.75) is 12.0 Å². The highest BCUT2D eigenvalue weighted by atomic mass is 32.1. The Morgan fingerprint density at radius 1 is 1.80 bits per heavy atom. The van der Waals surface area contributed by atoms with Crippen LogP contribution in [0.25, 0.3) is 0 Å². The number of carbonyl (C=O) groups excluding carboxylic acids is 1. The van der Waals surface area contributed by atoms with E-state index in [0.717, 1.165) is 0 Å². The van der Waals surface area contributed by atoms with Crippen molar-refractivity contribution in [1.29, 1.82) is 0 Å². The first-order chi connectivity index (χ1) is 7.20. The Hall–Kier alpha value is -0.980. The van der Waals surface area contributed by atoms with Gasteiger partial charge in [0.25, 0.3) is 5.91 Å². The van der Waals surface area contributed by atoms with Crippen LogP contribution in [0.5, 0.6) is 0 Å². The lowest BCUT2D eigenvalue weighted by atomic mass is 10.0. The van der Waals surface area contributed by atoms with E-state index >= 15 is 0 Å². The molecule has 1 saturated heterocycles. The third-order valence-electron chi connectivity index (χ3n) is 2.33. The molecule has 1 unspecified atom stereocenters. The minimum atomic E-state index is -0.911. The fraction of sp³-hybridized carbons (Fsp3) is 0.556. The maximum atomic E-state index is 11.5. The predicted octanol–water partition coefficient (Wildman–Crippen LogP) is 0.0243. The van der Waals surface area contributed by atoms with E-state index in [9.17, 15) is 9.90 Å². The van der Waals surface area contributed by atoms with Crippen molar-refractivity contribution in [3.8, 4) is 0 Å². The number of aliphatic hydroxyl groups is 1. The Labute approximate surface area is 91.1 Å². The van der Waals surface area contributed by atoms with Gasteiger partial charge >= 0.3 is 0 Å². The van der Waals surface area contributed by atoms with Crippen LogP contribution in [0, 0.1) is 0 Å². The van der Waals surface area contributed by atoms with Gasteiger partial charge in [-0.1, -0.05) is 0 Å². The number of nitrogens with zero attached hydrogens (tertiary/aromatic N) is 1. The molecule has 1 aromatic heterocycles. The number of rotatable bonds is 3. The van der Waals surface area contributed by atoms with Gasteiger partial charge < -0.3 is 15.2 Å². The molecule has 1 amide bonds. The molecule has 15 heavy (non-hydrogen) atoms. The van der Waals surface area contributed by atoms with Crippen molar-refractivity contribution in [1.82, 2.24) is 10.3 Å². The average molecular weight is 228 g/mol. The standard InChI is InChI=1S/C9H12N2O3S/c12-8(7-3-15-6-11-7)10-4-9(13)1-2-14-5-9/h3,6,13H,1-2,4-5H2,(H,10,12). The van der Waals surface area contributed by atoms with Crippen LogP contribution in [0.4, 0.5) is 0 Å². The molecule has 1 fully saturated rings. The van der Waals surface area contributed by atoms with Gasteiger partial charge in [-0.3, -0.25) is 4.79 Å². The van der Waals surface area contributed by atoms with E-state index in [0.29, 0.717) is 18.7 Å². The lowest BCUT2D eigenvalue weighted by Crippen LogP contribution is -2.43. The van der Waals surface area contributed by atoms with Crippen LogP contribution in [-0.2, 0) is 4.74 Å². The lowest BCUT2D eigenvalue weighted by Gasteiger charge is -2.20. The molecular formula is C9H12N2O3S. The quantitative estimate of drug-likeness (QED) is 0.765. The molecule has 1 atom stereocenters. The minimum Gasteiger partial charge on any atom is -0.386 e. The zero-order chi connectivity index (χ0) is 10.7. The van der Waals surface area contributed by atoms with Gasteiger partial charge in [-0.2, -0.15) is 0 Å². The zero-order valence-electron chi connectivity index (χ0n) is 8.10. The van der Waals surface area contributed by atoms with E-state index in [2.05, 4.69) is 10.3 Å². The lowest BCUT2D eigenvalue weighted by molar-refractivity contribution is 0.0264. The molecule has 0 radical (unpaired) electrons. The Balaban J connectivity index is 1.85. The summed E-state index contributed by atoms with van der Waals surface area (Å²) in [6.07, 6.45) is 0.560. The maximum Gasteiger partial charge on any atom is 0.270 e. The van der Waals surface area contributed by atoms with Gasteiger partial charge in [0.05, 0.1) is 12.1 Å². The number of amides is 1. The number of ether oxygens (including phenoxy) is 1. The SMILES string of the molecule is O=C(NCC1(O)CCOC1)c1cscn1. The Morgan fingerprint density at radius 2 is 2.67 bits per heavy atom. The van der Waals surface area contributed by atoms with Crippen molar-refractivity contribution >= 4 is 17.2 Å². The molecule has 1 aliphatic heterocycles. The fourth-order valence-electron chi connectivity index (χ4n) is 1.40. The van der Waals surface area contributed by atoms with Crippen LogP contribution in [0.15, 0.2) is 10.9 Å². The highest BCUT2D eigenvalue weighted by Crippen LogP contribution is 2.17. The number of aromatic nitrogens is 1. The summed E-state index contributed by atoms with van der Waals surface area (Å²) in [6.45, 7) is 1.04. The van der Waals surface area contributed by atoms with Crippen LogP contribution in [0.1, 0.15) is 16.9 Å². The zero-order valence-corrected chi connectivity index (χ0v) is 8.92. The fourth-order valence-corrected chi connectivity index (χ4v) is 1.93. The van der Waals surface area contributed by atoms with E-state index in [1.54, 1.807) is 10.9 Å². The molecule has 0 saturated carbocycles. The Bertz CT molecular complexity index is 333. The first-order valence-corrected chi connectivity index (χ1v) is 5.60. The normalized spacial score (nSPS) is 25.4. The second kappa shape index (κ2) is 4.26. The highest BCUT2D eigenvalue weighted by molar-refractivity contribution is 7.07. The molecule has 82 valence electrons. The van der Waals surface area contributed by atoms with Crippen LogP contribution in [0.3, 0.4) is 0 Å². The first-order valence-electron chi connectivity index (χ1n) is 4.66. The van der Waals surface area contributed by atoms with Crippen LogP contribution in [0.2, 0.25) is 0 Å². The Kier molecular flexibility index (Phi) is 2.99. The van der Waals surface area contributed by atoms with Crippen molar-refractivity contribution < 1.29 is 14.6 Å². The molecule has 5 nitrogen and oxygen atoms in total. The smallest absolute Gasteiger partial charge is 0.270 e. The number of nitrogens with one attached hydrogen (secondary N) is 1. The molecule has 2 rings (SSSR count). The largest absolute Gasteiger partial charge is 0.386 e. The topological polar surface area (TPSA) is 71.5 Å².